The Morgan fingerprint density at radius 2 is 1.79 bits per heavy atom. The second kappa shape index (κ2) is 10.3. The summed E-state index contributed by atoms with van der Waals surface area (Å²) in [4.78, 5) is 42.4. The zero-order valence-corrected chi connectivity index (χ0v) is 23.0. The maximum Gasteiger partial charge on any atom is 0.270 e. The lowest BCUT2D eigenvalue weighted by molar-refractivity contribution is -0.119. The number of hydrogen-bond donors (Lipinski definition) is 3. The molecular weight excluding hydrogens is 514 g/mol. The molecule has 0 saturated heterocycles. The van der Waals surface area contributed by atoms with Crippen molar-refractivity contribution in [1.82, 2.24) is 20.1 Å². The van der Waals surface area contributed by atoms with Crippen LogP contribution in [0.25, 0.3) is 0 Å². The van der Waals surface area contributed by atoms with Crippen LogP contribution < -0.4 is 16.2 Å². The molecule has 1 unspecified atom stereocenters. The molecule has 2 amide bonds. The number of nitrogens with zero attached hydrogens (tertiary/aromatic N) is 2. The SMILES string of the molecule is CC(C)n1nccc1C(=O)N[C@H](C(=O)Nc1ccc2c(c1)CCC2c1cc(Cl)c[nH]c1=O)C(C1CC1)C1CC1. The number of amides is 2. The highest BCUT2D eigenvalue weighted by molar-refractivity contribution is 6.30. The lowest BCUT2D eigenvalue weighted by Gasteiger charge is -2.28. The van der Waals surface area contributed by atoms with Gasteiger partial charge in [0.15, 0.2) is 0 Å². The molecule has 6 rings (SSSR count). The fourth-order valence-corrected chi connectivity index (χ4v) is 6.49. The third kappa shape index (κ3) is 5.26. The maximum absolute atomic E-state index is 13.8. The zero-order chi connectivity index (χ0) is 27.3. The van der Waals surface area contributed by atoms with Crippen molar-refractivity contribution in [2.45, 2.75) is 70.4 Å². The van der Waals surface area contributed by atoms with E-state index in [0.29, 0.717) is 33.8 Å². The normalized spacial score (nSPS) is 19.3. The van der Waals surface area contributed by atoms with Crippen molar-refractivity contribution in [3.63, 3.8) is 0 Å². The Morgan fingerprint density at radius 1 is 1.05 bits per heavy atom. The van der Waals surface area contributed by atoms with Crippen molar-refractivity contribution in [2.24, 2.45) is 17.8 Å². The predicted molar refractivity (Wildman–Crippen MR) is 150 cm³/mol. The number of halogens is 1. The van der Waals surface area contributed by atoms with E-state index in [1.807, 2.05) is 32.0 Å². The van der Waals surface area contributed by atoms with E-state index in [1.54, 1.807) is 23.0 Å². The van der Waals surface area contributed by atoms with Gasteiger partial charge in [0.05, 0.1) is 5.02 Å². The molecule has 9 heteroatoms. The van der Waals surface area contributed by atoms with Crippen LogP contribution in [-0.2, 0) is 11.2 Å². The highest BCUT2D eigenvalue weighted by atomic mass is 35.5. The molecule has 2 fully saturated rings. The average Bonchev–Trinajstić information content (AvgIpc) is 3.83. The van der Waals surface area contributed by atoms with Gasteiger partial charge < -0.3 is 15.6 Å². The smallest absolute Gasteiger partial charge is 0.270 e. The molecule has 39 heavy (non-hydrogen) atoms. The number of fused-ring (bicyclic) bond motifs is 1. The number of carbonyl (C=O) groups is 2. The van der Waals surface area contributed by atoms with E-state index in [9.17, 15) is 14.4 Å². The summed E-state index contributed by atoms with van der Waals surface area (Å²) in [5.74, 6) is 0.608. The first-order valence-electron chi connectivity index (χ1n) is 14.0. The topological polar surface area (TPSA) is 109 Å². The Balaban J connectivity index is 1.23. The quantitative estimate of drug-likeness (QED) is 0.348. The zero-order valence-electron chi connectivity index (χ0n) is 22.2. The van der Waals surface area contributed by atoms with Crippen molar-refractivity contribution in [1.29, 1.82) is 0 Å². The van der Waals surface area contributed by atoms with Crippen LogP contribution in [0.3, 0.4) is 0 Å². The van der Waals surface area contributed by atoms with Crippen molar-refractivity contribution >= 4 is 29.1 Å². The number of benzene rings is 1. The lowest BCUT2D eigenvalue weighted by Crippen LogP contribution is -2.50. The summed E-state index contributed by atoms with van der Waals surface area (Å²) in [5.41, 5.74) is 3.90. The number of H-pyrrole nitrogens is 1. The van der Waals surface area contributed by atoms with Gasteiger partial charge in [0.25, 0.3) is 11.5 Å². The van der Waals surface area contributed by atoms with E-state index in [1.165, 1.54) is 6.20 Å². The molecule has 0 bridgehead atoms. The van der Waals surface area contributed by atoms with Gasteiger partial charge in [-0.15, -0.1) is 0 Å². The number of pyridine rings is 1. The first-order chi connectivity index (χ1) is 18.8. The van der Waals surface area contributed by atoms with Gasteiger partial charge in [-0.25, -0.2) is 0 Å². The average molecular weight is 548 g/mol. The van der Waals surface area contributed by atoms with E-state index >= 15 is 0 Å². The Labute approximate surface area is 232 Å². The number of aromatic amines is 1. The molecule has 0 spiro atoms. The molecule has 0 aliphatic heterocycles. The first-order valence-corrected chi connectivity index (χ1v) is 14.3. The van der Waals surface area contributed by atoms with Crippen LogP contribution in [0.4, 0.5) is 5.69 Å². The van der Waals surface area contributed by atoms with Gasteiger partial charge in [-0.05, 0) is 106 Å². The Hall–Kier alpha value is -3.39. The molecule has 2 heterocycles. The summed E-state index contributed by atoms with van der Waals surface area (Å²) in [6, 6.07) is 8.76. The molecule has 3 aliphatic carbocycles. The van der Waals surface area contributed by atoms with Crippen LogP contribution in [0, 0.1) is 17.8 Å². The van der Waals surface area contributed by atoms with E-state index in [0.717, 1.165) is 49.7 Å². The molecule has 2 aromatic heterocycles. The van der Waals surface area contributed by atoms with Crippen LogP contribution in [0.5, 0.6) is 0 Å². The lowest BCUT2D eigenvalue weighted by atomic mass is 9.88. The minimum atomic E-state index is -0.612. The Kier molecular flexibility index (Phi) is 6.83. The third-order valence-corrected chi connectivity index (χ3v) is 8.66. The van der Waals surface area contributed by atoms with Gasteiger partial charge in [0.1, 0.15) is 11.7 Å². The number of nitrogens with one attached hydrogen (secondary N) is 3. The molecular formula is C30H34ClN5O3. The summed E-state index contributed by atoms with van der Waals surface area (Å²) < 4.78 is 1.69. The molecule has 3 aliphatic rings. The fourth-order valence-electron chi connectivity index (χ4n) is 6.32. The highest BCUT2D eigenvalue weighted by Gasteiger charge is 2.48. The van der Waals surface area contributed by atoms with Gasteiger partial charge in [-0.1, -0.05) is 17.7 Å². The molecule has 2 atom stereocenters. The minimum Gasteiger partial charge on any atom is -0.339 e. The van der Waals surface area contributed by atoms with Crippen molar-refractivity contribution in [3.05, 3.63) is 80.5 Å². The largest absolute Gasteiger partial charge is 0.339 e. The number of aryl methyl sites for hydroxylation is 1. The minimum absolute atomic E-state index is 0.0286. The summed E-state index contributed by atoms with van der Waals surface area (Å²) in [7, 11) is 0. The van der Waals surface area contributed by atoms with Gasteiger partial charge in [-0.3, -0.25) is 19.1 Å². The van der Waals surface area contributed by atoms with Crippen LogP contribution >= 0.6 is 11.6 Å². The number of aromatic nitrogens is 3. The van der Waals surface area contributed by atoms with Crippen LogP contribution in [0.1, 0.15) is 85.1 Å². The summed E-state index contributed by atoms with van der Waals surface area (Å²) >= 11 is 6.15. The van der Waals surface area contributed by atoms with Gasteiger partial charge in [-0.2, -0.15) is 5.10 Å². The number of rotatable bonds is 9. The molecule has 1 aromatic carbocycles. The second-order valence-electron chi connectivity index (χ2n) is 11.6. The molecule has 204 valence electrons. The predicted octanol–water partition coefficient (Wildman–Crippen LogP) is 5.06. The number of hydrogen-bond acceptors (Lipinski definition) is 4. The maximum atomic E-state index is 13.8. The van der Waals surface area contributed by atoms with E-state index < -0.39 is 6.04 Å². The number of carbonyl (C=O) groups excluding carboxylic acids is 2. The third-order valence-electron chi connectivity index (χ3n) is 8.44. The van der Waals surface area contributed by atoms with E-state index in [2.05, 4.69) is 20.7 Å². The molecule has 3 aromatic rings. The van der Waals surface area contributed by atoms with Crippen molar-refractivity contribution in [2.75, 3.05) is 5.32 Å². The monoisotopic (exact) mass is 547 g/mol. The van der Waals surface area contributed by atoms with Crippen LogP contribution in [-0.4, -0.2) is 32.6 Å². The van der Waals surface area contributed by atoms with Gasteiger partial charge in [0.2, 0.25) is 5.91 Å². The Morgan fingerprint density at radius 3 is 2.49 bits per heavy atom. The van der Waals surface area contributed by atoms with Gasteiger partial charge >= 0.3 is 0 Å². The van der Waals surface area contributed by atoms with E-state index in [-0.39, 0.29) is 35.3 Å². The standard InChI is InChI=1S/C30H34ClN5O3/c1-16(2)36-25(11-12-33-36)29(38)35-27(26(17-3-4-17)18-5-6-18)30(39)34-21-8-10-22-19(13-21)7-9-23(22)24-14-20(31)15-32-28(24)37/h8,10-18,23,26-27H,3-7,9H2,1-2H3,(H,32,37)(H,34,39)(H,35,38)/t23?,27-/m0/s1. The van der Waals surface area contributed by atoms with Crippen molar-refractivity contribution < 1.29 is 9.59 Å². The first kappa shape index (κ1) is 25.9. The molecule has 3 N–H and O–H groups in total. The second-order valence-corrected chi connectivity index (χ2v) is 12.0. The summed E-state index contributed by atoms with van der Waals surface area (Å²) in [5, 5.41) is 11.0. The van der Waals surface area contributed by atoms with E-state index in [4.69, 9.17) is 11.6 Å². The molecule has 0 radical (unpaired) electrons. The summed E-state index contributed by atoms with van der Waals surface area (Å²) in [6.45, 7) is 3.96. The van der Waals surface area contributed by atoms with Gasteiger partial charge in [0, 0.05) is 35.6 Å². The van der Waals surface area contributed by atoms with Crippen LogP contribution in [0.2, 0.25) is 5.02 Å². The molecule has 8 nitrogen and oxygen atoms in total. The van der Waals surface area contributed by atoms with Crippen molar-refractivity contribution in [3.8, 4) is 0 Å². The van der Waals surface area contributed by atoms with Crippen LogP contribution in [0.15, 0.2) is 47.5 Å². The Bertz CT molecular complexity index is 1460. The molecule has 2 saturated carbocycles. The highest BCUT2D eigenvalue weighted by Crippen LogP contribution is 2.51. The number of anilines is 1. The fraction of sp³-hybridized carbons (Fsp3) is 0.467. The summed E-state index contributed by atoms with van der Waals surface area (Å²) in [6.07, 6.45) is 9.16.